The number of benzene rings is 1. The van der Waals surface area contributed by atoms with E-state index in [2.05, 4.69) is 20.5 Å². The molecular formula is C23H26N8O7. The van der Waals surface area contributed by atoms with Gasteiger partial charge in [-0.05, 0) is 24.1 Å². The summed E-state index contributed by atoms with van der Waals surface area (Å²) in [4.78, 5) is 55.9. The second-order valence-corrected chi connectivity index (χ2v) is 8.33. The topological polar surface area (TPSA) is 180 Å². The van der Waals surface area contributed by atoms with Gasteiger partial charge in [0, 0.05) is 27.7 Å². The van der Waals surface area contributed by atoms with Crippen LogP contribution in [-0.4, -0.2) is 53.8 Å². The van der Waals surface area contributed by atoms with Crippen molar-refractivity contribution >= 4 is 23.3 Å². The lowest BCUT2D eigenvalue weighted by molar-refractivity contribution is 0.354. The van der Waals surface area contributed by atoms with Crippen molar-refractivity contribution < 1.29 is 14.6 Å². The van der Waals surface area contributed by atoms with Crippen molar-refractivity contribution in [1.29, 1.82) is 0 Å². The van der Waals surface area contributed by atoms with E-state index in [1.807, 2.05) is 0 Å². The molecule has 0 saturated heterocycles. The van der Waals surface area contributed by atoms with Gasteiger partial charge in [-0.2, -0.15) is 10.1 Å². The first kappa shape index (κ1) is 26.0. The number of imidazole rings is 1. The van der Waals surface area contributed by atoms with E-state index in [1.165, 1.54) is 37.4 Å². The summed E-state index contributed by atoms with van der Waals surface area (Å²) in [5, 5.41) is 14.6. The van der Waals surface area contributed by atoms with Crippen LogP contribution in [0.1, 0.15) is 11.1 Å². The molecule has 200 valence electrons. The third-order valence-corrected chi connectivity index (χ3v) is 6.11. The van der Waals surface area contributed by atoms with Crippen molar-refractivity contribution in [2.24, 2.45) is 26.2 Å². The molecule has 15 nitrogen and oxygen atoms in total. The van der Waals surface area contributed by atoms with Crippen molar-refractivity contribution in [1.82, 2.24) is 28.2 Å². The molecule has 0 fully saturated rings. The number of hydrogen-bond acceptors (Lipinski definition) is 10. The Bertz CT molecular complexity index is 1810. The van der Waals surface area contributed by atoms with Gasteiger partial charge in [0.25, 0.3) is 11.1 Å². The Balaban J connectivity index is 1.61. The lowest BCUT2D eigenvalue weighted by atomic mass is 10.1. The fourth-order valence-electron chi connectivity index (χ4n) is 3.95. The quantitative estimate of drug-likeness (QED) is 0.196. The number of aromatic nitrogens is 6. The molecule has 0 spiro atoms. The third kappa shape index (κ3) is 4.44. The van der Waals surface area contributed by atoms with E-state index in [1.54, 1.807) is 25.2 Å². The minimum atomic E-state index is -0.846. The second-order valence-electron chi connectivity index (χ2n) is 8.33. The molecule has 38 heavy (non-hydrogen) atoms. The lowest BCUT2D eigenvalue weighted by Crippen LogP contribution is -2.37. The Morgan fingerprint density at radius 2 is 1.76 bits per heavy atom. The fraction of sp³-hybridized carbons (Fsp3) is 0.304. The summed E-state index contributed by atoms with van der Waals surface area (Å²) in [7, 11) is 7.42. The van der Waals surface area contributed by atoms with E-state index >= 15 is 0 Å². The van der Waals surface area contributed by atoms with E-state index in [0.29, 0.717) is 17.9 Å². The zero-order chi connectivity index (χ0) is 27.7. The highest BCUT2D eigenvalue weighted by atomic mass is 16.5. The molecular weight excluding hydrogens is 500 g/mol. The highest BCUT2D eigenvalue weighted by Crippen LogP contribution is 2.28. The Morgan fingerprint density at radius 1 is 1.05 bits per heavy atom. The van der Waals surface area contributed by atoms with Crippen LogP contribution in [-0.2, 0) is 34.1 Å². The number of methoxy groups -OCH3 is 2. The van der Waals surface area contributed by atoms with Crippen LogP contribution >= 0.6 is 0 Å². The Hall–Kier alpha value is -5.08. The average Bonchev–Trinajstić information content (AvgIpc) is 3.23. The van der Waals surface area contributed by atoms with Crippen LogP contribution in [0.5, 0.6) is 17.4 Å². The Labute approximate surface area is 213 Å². The number of aryl methyl sites for hydroxylation is 3. The van der Waals surface area contributed by atoms with Crippen molar-refractivity contribution in [3.63, 3.8) is 0 Å². The maximum Gasteiger partial charge on any atom is 0.332 e. The molecule has 1 aromatic carbocycles. The lowest BCUT2D eigenvalue weighted by Gasteiger charge is -2.12. The number of nitrogens with zero attached hydrogens (tertiary/aromatic N) is 6. The summed E-state index contributed by atoms with van der Waals surface area (Å²) in [6, 6.07) is 5.27. The van der Waals surface area contributed by atoms with E-state index in [-0.39, 0.29) is 29.2 Å². The van der Waals surface area contributed by atoms with Gasteiger partial charge >= 0.3 is 11.4 Å². The van der Waals surface area contributed by atoms with Crippen molar-refractivity contribution in [2.45, 2.75) is 13.0 Å². The van der Waals surface area contributed by atoms with Crippen molar-refractivity contribution in [2.75, 3.05) is 19.6 Å². The first-order chi connectivity index (χ1) is 18.1. The predicted molar refractivity (Wildman–Crippen MR) is 139 cm³/mol. The Kier molecular flexibility index (Phi) is 6.92. The van der Waals surface area contributed by atoms with Crippen molar-refractivity contribution in [3.8, 4) is 17.4 Å². The molecule has 3 aromatic heterocycles. The number of aromatic amines is 1. The SMILES string of the molecule is COc1ccc(CCn2c(O)c(C=NNc3nc4c(c(=O)n(C)c(=O)n4C)n3C)c(=O)[nH]c2=O)cc1OC. The number of H-pyrrole nitrogens is 1. The molecule has 0 aliphatic heterocycles. The molecule has 15 heteroatoms. The number of hydrazone groups is 1. The molecule has 0 aliphatic carbocycles. The van der Waals surface area contributed by atoms with Gasteiger partial charge in [0.15, 0.2) is 22.7 Å². The molecule has 0 bridgehead atoms. The fourth-order valence-corrected chi connectivity index (χ4v) is 3.95. The molecule has 0 aliphatic rings. The minimum absolute atomic E-state index is 0.0489. The Morgan fingerprint density at radius 3 is 2.45 bits per heavy atom. The van der Waals surface area contributed by atoms with Gasteiger partial charge in [-0.15, -0.1) is 0 Å². The van der Waals surface area contributed by atoms with Crippen LogP contribution in [0.2, 0.25) is 0 Å². The molecule has 4 aromatic rings. The van der Waals surface area contributed by atoms with Crippen LogP contribution in [0.25, 0.3) is 11.2 Å². The molecule has 0 saturated carbocycles. The highest BCUT2D eigenvalue weighted by Gasteiger charge is 2.17. The van der Waals surface area contributed by atoms with Crippen LogP contribution in [0.4, 0.5) is 5.95 Å². The first-order valence-corrected chi connectivity index (χ1v) is 11.3. The monoisotopic (exact) mass is 526 g/mol. The molecule has 0 radical (unpaired) electrons. The van der Waals surface area contributed by atoms with Gasteiger partial charge in [0.05, 0.1) is 20.4 Å². The van der Waals surface area contributed by atoms with Crippen LogP contribution in [0.15, 0.2) is 42.5 Å². The van der Waals surface area contributed by atoms with Gasteiger partial charge in [-0.1, -0.05) is 6.07 Å². The second kappa shape index (κ2) is 10.1. The van der Waals surface area contributed by atoms with E-state index in [0.717, 1.165) is 20.9 Å². The van der Waals surface area contributed by atoms with Gasteiger partial charge < -0.3 is 19.1 Å². The number of anilines is 1. The number of fused-ring (bicyclic) bond motifs is 1. The van der Waals surface area contributed by atoms with Gasteiger partial charge in [0.1, 0.15) is 5.56 Å². The summed E-state index contributed by atoms with van der Waals surface area (Å²) in [5.41, 5.74) is 0.725. The number of nitrogens with one attached hydrogen (secondary N) is 2. The third-order valence-electron chi connectivity index (χ3n) is 6.11. The first-order valence-electron chi connectivity index (χ1n) is 11.3. The normalized spacial score (nSPS) is 11.4. The molecule has 0 amide bonds. The molecule has 4 rings (SSSR count). The van der Waals surface area contributed by atoms with E-state index in [9.17, 15) is 24.3 Å². The maximum absolute atomic E-state index is 12.5. The van der Waals surface area contributed by atoms with E-state index < -0.39 is 28.4 Å². The number of aromatic hydroxyl groups is 1. The highest BCUT2D eigenvalue weighted by molar-refractivity contribution is 5.82. The van der Waals surface area contributed by atoms with E-state index in [4.69, 9.17) is 9.47 Å². The van der Waals surface area contributed by atoms with Crippen LogP contribution < -0.4 is 37.4 Å². The summed E-state index contributed by atoms with van der Waals surface area (Å²) in [5.74, 6) is 0.592. The van der Waals surface area contributed by atoms with Gasteiger partial charge in [-0.25, -0.2) is 15.0 Å². The molecule has 0 unspecified atom stereocenters. The summed E-state index contributed by atoms with van der Waals surface area (Å²) >= 11 is 0. The smallest absolute Gasteiger partial charge is 0.332 e. The zero-order valence-electron chi connectivity index (χ0n) is 21.3. The molecule has 0 atom stereocenters. The minimum Gasteiger partial charge on any atom is -0.494 e. The summed E-state index contributed by atoms with van der Waals surface area (Å²) in [6.45, 7) is 0.0489. The molecule has 3 heterocycles. The number of rotatable bonds is 8. The predicted octanol–water partition coefficient (Wildman–Crippen LogP) is -0.768. The van der Waals surface area contributed by atoms with Crippen LogP contribution in [0, 0.1) is 0 Å². The summed E-state index contributed by atoms with van der Waals surface area (Å²) in [6.07, 6.45) is 1.36. The maximum atomic E-state index is 12.5. The standard InChI is InChI=1S/C23H26N8O7/c1-28-16-17(29(2)23(36)30(3)20(16)34)25-21(28)27-24-11-13-18(32)26-22(35)31(19(13)33)9-8-12-6-7-14(37-4)15(10-12)38-5/h6-7,10-11,33H,8-9H2,1-5H3,(H,25,27)(H,26,32,35). The number of hydrogen-bond donors (Lipinski definition) is 3. The summed E-state index contributed by atoms with van der Waals surface area (Å²) < 4.78 is 15.1. The zero-order valence-corrected chi connectivity index (χ0v) is 21.3. The van der Waals surface area contributed by atoms with Gasteiger partial charge in [0.2, 0.25) is 11.8 Å². The van der Waals surface area contributed by atoms with Gasteiger partial charge in [-0.3, -0.25) is 28.3 Å². The average molecular weight is 527 g/mol. The largest absolute Gasteiger partial charge is 0.494 e. The molecule has 3 N–H and O–H groups in total. The van der Waals surface area contributed by atoms with Crippen LogP contribution in [0.3, 0.4) is 0 Å². The van der Waals surface area contributed by atoms with Crippen molar-refractivity contribution in [3.05, 3.63) is 71.0 Å². The number of ether oxygens (including phenoxy) is 2.